The minimum Gasteiger partial charge on any atom is -0.507 e. The highest BCUT2D eigenvalue weighted by molar-refractivity contribution is 6.51. The summed E-state index contributed by atoms with van der Waals surface area (Å²) in [6.45, 7) is 1.80. The molecule has 1 aliphatic heterocycles. The van der Waals surface area contributed by atoms with Crippen molar-refractivity contribution in [2.75, 3.05) is 12.0 Å². The summed E-state index contributed by atoms with van der Waals surface area (Å²) in [4.78, 5) is 27.8. The van der Waals surface area contributed by atoms with Crippen LogP contribution in [0, 0.1) is 6.92 Å². The van der Waals surface area contributed by atoms with Crippen molar-refractivity contribution in [3.8, 4) is 5.75 Å². The zero-order chi connectivity index (χ0) is 23.1. The Labute approximate surface area is 192 Å². The van der Waals surface area contributed by atoms with E-state index in [1.54, 1.807) is 43.3 Å². The number of aliphatic hydroxyl groups is 1. The molecular weight excluding hydrogens is 418 g/mol. The third kappa shape index (κ3) is 3.61. The van der Waals surface area contributed by atoms with Gasteiger partial charge in [0.2, 0.25) is 0 Å². The Hall–Kier alpha value is -3.80. The molecule has 0 spiro atoms. The van der Waals surface area contributed by atoms with E-state index in [-0.39, 0.29) is 11.3 Å². The van der Waals surface area contributed by atoms with Crippen molar-refractivity contribution in [2.45, 2.75) is 38.6 Å². The lowest BCUT2D eigenvalue weighted by atomic mass is 9.89. The van der Waals surface area contributed by atoms with Gasteiger partial charge in [-0.2, -0.15) is 0 Å². The first-order chi connectivity index (χ1) is 16.0. The van der Waals surface area contributed by atoms with E-state index in [0.717, 1.165) is 25.7 Å². The van der Waals surface area contributed by atoms with Gasteiger partial charge in [0.15, 0.2) is 0 Å². The van der Waals surface area contributed by atoms with Gasteiger partial charge in [0, 0.05) is 17.3 Å². The molecule has 6 nitrogen and oxygen atoms in total. The molecule has 1 unspecified atom stereocenters. The van der Waals surface area contributed by atoms with Crippen LogP contribution in [0.1, 0.15) is 47.1 Å². The number of methoxy groups -OCH3 is 1. The molecule has 1 aromatic heterocycles. The molecule has 2 aliphatic rings. The zero-order valence-corrected chi connectivity index (χ0v) is 18.6. The van der Waals surface area contributed by atoms with E-state index in [2.05, 4.69) is 0 Å². The fourth-order valence-corrected chi connectivity index (χ4v) is 4.76. The molecule has 1 amide bonds. The molecule has 0 bridgehead atoms. The van der Waals surface area contributed by atoms with Crippen LogP contribution < -0.4 is 9.64 Å². The van der Waals surface area contributed by atoms with E-state index in [9.17, 15) is 14.7 Å². The lowest BCUT2D eigenvalue weighted by Gasteiger charge is -2.24. The van der Waals surface area contributed by atoms with Gasteiger partial charge in [0.1, 0.15) is 29.1 Å². The van der Waals surface area contributed by atoms with Crippen LogP contribution in [-0.2, 0) is 22.4 Å². The number of aryl methyl sites for hydroxylation is 3. The summed E-state index contributed by atoms with van der Waals surface area (Å²) in [5.41, 5.74) is 3.49. The number of ketones is 1. The fourth-order valence-electron chi connectivity index (χ4n) is 4.76. The average Bonchev–Trinajstić information content (AvgIpc) is 3.38. The Morgan fingerprint density at radius 1 is 1.03 bits per heavy atom. The maximum absolute atomic E-state index is 13.3. The highest BCUT2D eigenvalue weighted by Crippen LogP contribution is 2.43. The summed E-state index contributed by atoms with van der Waals surface area (Å²) in [5, 5.41) is 11.3. The third-order valence-electron chi connectivity index (χ3n) is 6.43. The van der Waals surface area contributed by atoms with Crippen LogP contribution in [-0.4, -0.2) is 23.9 Å². The molecule has 5 rings (SSSR count). The standard InChI is InChI=1S/C27H25NO5/c1-16-10-13-22(33-16)24-23(25(29)19-12-11-17-6-3-4-7-18(17)14-19)26(30)27(31)28(24)20-8-5-9-21(15-20)32-2/h5,8-15,24,29H,3-4,6-7H2,1-2H3/b25-23-. The van der Waals surface area contributed by atoms with Crippen LogP contribution in [0.2, 0.25) is 0 Å². The normalized spacial score (nSPS) is 19.6. The molecule has 0 saturated carbocycles. The number of benzene rings is 2. The molecule has 1 aliphatic carbocycles. The second kappa shape index (κ2) is 8.28. The lowest BCUT2D eigenvalue weighted by molar-refractivity contribution is -0.132. The van der Waals surface area contributed by atoms with Crippen molar-refractivity contribution in [3.63, 3.8) is 0 Å². The van der Waals surface area contributed by atoms with Crippen LogP contribution >= 0.6 is 0 Å². The predicted molar refractivity (Wildman–Crippen MR) is 124 cm³/mol. The maximum Gasteiger partial charge on any atom is 0.300 e. The number of nitrogens with zero attached hydrogens (tertiary/aromatic N) is 1. The van der Waals surface area contributed by atoms with E-state index in [0.29, 0.717) is 28.5 Å². The van der Waals surface area contributed by atoms with Gasteiger partial charge in [-0.15, -0.1) is 0 Å². The van der Waals surface area contributed by atoms with E-state index in [1.807, 2.05) is 18.2 Å². The van der Waals surface area contributed by atoms with Gasteiger partial charge in [-0.25, -0.2) is 0 Å². The molecule has 1 saturated heterocycles. The molecule has 33 heavy (non-hydrogen) atoms. The Kier molecular flexibility index (Phi) is 5.29. The minimum absolute atomic E-state index is 0.0212. The highest BCUT2D eigenvalue weighted by Gasteiger charge is 2.48. The number of amides is 1. The van der Waals surface area contributed by atoms with Gasteiger partial charge in [-0.3, -0.25) is 14.5 Å². The second-order valence-corrected chi connectivity index (χ2v) is 8.51. The number of fused-ring (bicyclic) bond motifs is 1. The van der Waals surface area contributed by atoms with Gasteiger partial charge < -0.3 is 14.3 Å². The number of carbonyl (C=O) groups excluding carboxylic acids is 2. The summed E-state index contributed by atoms with van der Waals surface area (Å²) < 4.78 is 11.2. The Balaban J connectivity index is 1.68. The lowest BCUT2D eigenvalue weighted by Crippen LogP contribution is -2.29. The first kappa shape index (κ1) is 21.1. The van der Waals surface area contributed by atoms with Crippen molar-refractivity contribution in [2.24, 2.45) is 0 Å². The van der Waals surface area contributed by atoms with E-state index >= 15 is 0 Å². The summed E-state index contributed by atoms with van der Waals surface area (Å²) in [7, 11) is 1.54. The predicted octanol–water partition coefficient (Wildman–Crippen LogP) is 5.10. The van der Waals surface area contributed by atoms with Crippen LogP contribution in [0.3, 0.4) is 0 Å². The number of hydrogen-bond acceptors (Lipinski definition) is 5. The molecule has 2 aromatic carbocycles. The first-order valence-corrected chi connectivity index (χ1v) is 11.1. The zero-order valence-electron chi connectivity index (χ0n) is 18.6. The fraction of sp³-hybridized carbons (Fsp3) is 0.259. The van der Waals surface area contributed by atoms with E-state index in [1.165, 1.54) is 23.1 Å². The van der Waals surface area contributed by atoms with Crippen LogP contribution in [0.25, 0.3) is 5.76 Å². The number of ether oxygens (including phenoxy) is 1. The number of rotatable bonds is 4. The summed E-state index contributed by atoms with van der Waals surface area (Å²) in [5.74, 6) is -0.0393. The number of Topliss-reactive ketones (excluding diaryl/α,β-unsaturated/α-hetero) is 1. The number of furan rings is 1. The number of hydrogen-bond donors (Lipinski definition) is 1. The Bertz CT molecular complexity index is 1290. The topological polar surface area (TPSA) is 80.0 Å². The van der Waals surface area contributed by atoms with Crippen LogP contribution in [0.4, 0.5) is 5.69 Å². The number of aliphatic hydroxyl groups excluding tert-OH is 1. The SMILES string of the molecule is COc1cccc(N2C(=O)C(=O)/C(=C(\O)c3ccc4c(c3)CCCC4)C2c2ccc(C)o2)c1. The second-order valence-electron chi connectivity index (χ2n) is 8.51. The van der Waals surface area contributed by atoms with Gasteiger partial charge in [0.25, 0.3) is 11.7 Å². The smallest absolute Gasteiger partial charge is 0.300 e. The van der Waals surface area contributed by atoms with Gasteiger partial charge in [-0.1, -0.05) is 18.2 Å². The molecule has 6 heteroatoms. The molecular formula is C27H25NO5. The Morgan fingerprint density at radius 3 is 2.55 bits per heavy atom. The van der Waals surface area contributed by atoms with Crippen molar-refractivity contribution < 1.29 is 23.8 Å². The van der Waals surface area contributed by atoms with Crippen LogP contribution in [0.5, 0.6) is 5.75 Å². The minimum atomic E-state index is -0.887. The molecule has 2 heterocycles. The molecule has 1 fully saturated rings. The molecule has 168 valence electrons. The summed E-state index contributed by atoms with van der Waals surface area (Å²) in [6.07, 6.45) is 4.21. The average molecular weight is 443 g/mol. The summed E-state index contributed by atoms with van der Waals surface area (Å²) >= 11 is 0. The van der Waals surface area contributed by atoms with Gasteiger partial charge in [-0.05, 0) is 74.1 Å². The van der Waals surface area contributed by atoms with Crippen molar-refractivity contribution in [1.29, 1.82) is 0 Å². The van der Waals surface area contributed by atoms with Gasteiger partial charge in [0.05, 0.1) is 12.7 Å². The largest absolute Gasteiger partial charge is 0.507 e. The van der Waals surface area contributed by atoms with Crippen molar-refractivity contribution in [1.82, 2.24) is 0 Å². The highest BCUT2D eigenvalue weighted by atomic mass is 16.5. The van der Waals surface area contributed by atoms with E-state index < -0.39 is 17.7 Å². The quantitative estimate of drug-likeness (QED) is 0.345. The number of carbonyl (C=O) groups is 2. The first-order valence-electron chi connectivity index (χ1n) is 11.1. The van der Waals surface area contributed by atoms with Gasteiger partial charge >= 0.3 is 0 Å². The van der Waals surface area contributed by atoms with E-state index in [4.69, 9.17) is 9.15 Å². The third-order valence-corrected chi connectivity index (χ3v) is 6.43. The maximum atomic E-state index is 13.3. The Morgan fingerprint density at radius 2 is 1.82 bits per heavy atom. The summed E-state index contributed by atoms with van der Waals surface area (Å²) in [6, 6.07) is 15.3. The van der Waals surface area contributed by atoms with Crippen molar-refractivity contribution in [3.05, 3.63) is 88.4 Å². The molecule has 1 atom stereocenters. The molecule has 1 N–H and O–H groups in total. The molecule has 0 radical (unpaired) electrons. The molecule has 3 aromatic rings. The van der Waals surface area contributed by atoms with Crippen LogP contribution in [0.15, 0.2) is 64.6 Å². The van der Waals surface area contributed by atoms with Crippen molar-refractivity contribution >= 4 is 23.1 Å². The number of anilines is 1. The monoisotopic (exact) mass is 443 g/mol.